The van der Waals surface area contributed by atoms with Crippen molar-refractivity contribution in [2.75, 3.05) is 19.6 Å². The second-order valence-corrected chi connectivity index (χ2v) is 4.53. The summed E-state index contributed by atoms with van der Waals surface area (Å²) in [5.41, 5.74) is 0. The number of carbonyl (C=O) groups excluding carboxylic acids is 1. The maximum Gasteiger partial charge on any atom is 0.263 e. The molecule has 2 heterocycles. The standard InChI is InChI=1S/C13H19N3O2/c1-10-8-15-6-7-16(10)13(17)11(2)18-12-4-3-5-14-9-12/h3-5,9-11,15H,6-8H2,1-2H3/t10-,11+/m0/s1. The lowest BCUT2D eigenvalue weighted by Crippen LogP contribution is -2.55. The fraction of sp³-hybridized carbons (Fsp3) is 0.538. The number of aromatic nitrogens is 1. The summed E-state index contributed by atoms with van der Waals surface area (Å²) in [5.74, 6) is 0.661. The summed E-state index contributed by atoms with van der Waals surface area (Å²) in [6.07, 6.45) is 2.82. The van der Waals surface area contributed by atoms with E-state index in [1.54, 1.807) is 31.5 Å². The van der Waals surface area contributed by atoms with Crippen molar-refractivity contribution in [3.05, 3.63) is 24.5 Å². The Hall–Kier alpha value is -1.62. The van der Waals surface area contributed by atoms with Crippen molar-refractivity contribution >= 4 is 5.91 Å². The molecule has 1 fully saturated rings. The third-order valence-corrected chi connectivity index (χ3v) is 3.08. The SMILES string of the molecule is C[C@@H](Oc1cccnc1)C(=O)N1CCNC[C@@H]1C. The smallest absolute Gasteiger partial charge is 0.263 e. The third-order valence-electron chi connectivity index (χ3n) is 3.08. The normalized spacial score (nSPS) is 21.4. The molecule has 2 rings (SSSR count). The van der Waals surface area contributed by atoms with Gasteiger partial charge in [-0.05, 0) is 26.0 Å². The highest BCUT2D eigenvalue weighted by molar-refractivity contribution is 5.81. The Bertz CT molecular complexity index is 396. The number of carbonyl (C=O) groups is 1. The van der Waals surface area contributed by atoms with Gasteiger partial charge in [0.05, 0.1) is 6.20 Å². The van der Waals surface area contributed by atoms with Crippen LogP contribution in [0.15, 0.2) is 24.5 Å². The highest BCUT2D eigenvalue weighted by atomic mass is 16.5. The Morgan fingerprint density at radius 2 is 2.50 bits per heavy atom. The molecular formula is C13H19N3O2. The number of amides is 1. The number of rotatable bonds is 3. The van der Waals surface area contributed by atoms with Crippen molar-refractivity contribution in [1.82, 2.24) is 15.2 Å². The van der Waals surface area contributed by atoms with Crippen LogP contribution < -0.4 is 10.1 Å². The van der Waals surface area contributed by atoms with E-state index in [0.717, 1.165) is 19.6 Å². The number of nitrogens with one attached hydrogen (secondary N) is 1. The molecule has 1 saturated heterocycles. The van der Waals surface area contributed by atoms with Gasteiger partial charge in [-0.3, -0.25) is 9.78 Å². The van der Waals surface area contributed by atoms with E-state index in [-0.39, 0.29) is 11.9 Å². The van der Waals surface area contributed by atoms with E-state index in [0.29, 0.717) is 5.75 Å². The van der Waals surface area contributed by atoms with Crippen molar-refractivity contribution in [2.24, 2.45) is 0 Å². The van der Waals surface area contributed by atoms with Gasteiger partial charge in [0.25, 0.3) is 5.91 Å². The molecule has 5 heteroatoms. The summed E-state index contributed by atoms with van der Waals surface area (Å²) in [4.78, 5) is 18.1. The van der Waals surface area contributed by atoms with E-state index >= 15 is 0 Å². The van der Waals surface area contributed by atoms with E-state index in [2.05, 4.69) is 10.3 Å². The van der Waals surface area contributed by atoms with Crippen LogP contribution >= 0.6 is 0 Å². The first-order valence-corrected chi connectivity index (χ1v) is 6.26. The molecule has 5 nitrogen and oxygen atoms in total. The average molecular weight is 249 g/mol. The predicted octanol–water partition coefficient (Wildman–Crippen LogP) is 0.669. The minimum Gasteiger partial charge on any atom is -0.479 e. The minimum atomic E-state index is -0.477. The number of piperazine rings is 1. The second kappa shape index (κ2) is 5.82. The van der Waals surface area contributed by atoms with E-state index in [4.69, 9.17) is 4.74 Å². The van der Waals surface area contributed by atoms with E-state index in [1.807, 2.05) is 11.8 Å². The molecular weight excluding hydrogens is 230 g/mol. The Morgan fingerprint density at radius 1 is 1.67 bits per heavy atom. The zero-order valence-corrected chi connectivity index (χ0v) is 10.8. The molecule has 98 valence electrons. The van der Waals surface area contributed by atoms with Crippen molar-refractivity contribution in [3.8, 4) is 5.75 Å². The van der Waals surface area contributed by atoms with Crippen LogP contribution in [0.4, 0.5) is 0 Å². The zero-order chi connectivity index (χ0) is 13.0. The van der Waals surface area contributed by atoms with Gasteiger partial charge in [0.15, 0.2) is 6.10 Å². The summed E-state index contributed by atoms with van der Waals surface area (Å²) in [6, 6.07) is 3.81. The van der Waals surface area contributed by atoms with Gasteiger partial charge in [-0.2, -0.15) is 0 Å². The molecule has 1 amide bonds. The molecule has 1 aliphatic rings. The Morgan fingerprint density at radius 3 is 3.17 bits per heavy atom. The quantitative estimate of drug-likeness (QED) is 0.855. The molecule has 18 heavy (non-hydrogen) atoms. The molecule has 1 aromatic rings. The molecule has 0 aromatic carbocycles. The molecule has 0 unspecified atom stereocenters. The van der Waals surface area contributed by atoms with Gasteiger partial charge in [-0.1, -0.05) is 0 Å². The average Bonchev–Trinajstić information content (AvgIpc) is 2.39. The molecule has 1 aliphatic heterocycles. The van der Waals surface area contributed by atoms with Gasteiger partial charge in [0.2, 0.25) is 0 Å². The fourth-order valence-corrected chi connectivity index (χ4v) is 2.07. The first-order chi connectivity index (χ1) is 8.68. The van der Waals surface area contributed by atoms with Crippen molar-refractivity contribution in [1.29, 1.82) is 0 Å². The van der Waals surface area contributed by atoms with Crippen LogP contribution in [0.3, 0.4) is 0 Å². The van der Waals surface area contributed by atoms with Crippen molar-refractivity contribution in [2.45, 2.75) is 26.0 Å². The molecule has 0 spiro atoms. The number of hydrogen-bond acceptors (Lipinski definition) is 4. The molecule has 0 aliphatic carbocycles. The Balaban J connectivity index is 1.96. The highest BCUT2D eigenvalue weighted by Crippen LogP contribution is 2.12. The van der Waals surface area contributed by atoms with Crippen LogP contribution in [0, 0.1) is 0 Å². The van der Waals surface area contributed by atoms with Gasteiger partial charge in [-0.25, -0.2) is 0 Å². The fourth-order valence-electron chi connectivity index (χ4n) is 2.07. The van der Waals surface area contributed by atoms with Gasteiger partial charge < -0.3 is 15.0 Å². The Labute approximate surface area is 107 Å². The van der Waals surface area contributed by atoms with Crippen LogP contribution in [0.5, 0.6) is 5.75 Å². The number of hydrogen-bond donors (Lipinski definition) is 1. The highest BCUT2D eigenvalue weighted by Gasteiger charge is 2.27. The molecule has 1 aromatic heterocycles. The molecule has 0 saturated carbocycles. The molecule has 0 radical (unpaired) electrons. The van der Waals surface area contributed by atoms with Gasteiger partial charge in [0.1, 0.15) is 5.75 Å². The van der Waals surface area contributed by atoms with Crippen LogP contribution in [0.2, 0.25) is 0 Å². The number of pyridine rings is 1. The van der Waals surface area contributed by atoms with Crippen LogP contribution in [0.1, 0.15) is 13.8 Å². The number of ether oxygens (including phenoxy) is 1. The molecule has 1 N–H and O–H groups in total. The first-order valence-electron chi connectivity index (χ1n) is 6.26. The summed E-state index contributed by atoms with van der Waals surface area (Å²) in [6.45, 7) is 6.24. The van der Waals surface area contributed by atoms with Crippen LogP contribution in [0.25, 0.3) is 0 Å². The topological polar surface area (TPSA) is 54.5 Å². The van der Waals surface area contributed by atoms with E-state index in [9.17, 15) is 4.79 Å². The second-order valence-electron chi connectivity index (χ2n) is 4.53. The summed E-state index contributed by atoms with van der Waals surface area (Å²) in [5, 5.41) is 3.26. The zero-order valence-electron chi connectivity index (χ0n) is 10.8. The third kappa shape index (κ3) is 2.98. The van der Waals surface area contributed by atoms with Gasteiger partial charge in [-0.15, -0.1) is 0 Å². The lowest BCUT2D eigenvalue weighted by molar-refractivity contribution is -0.140. The molecule has 2 atom stereocenters. The summed E-state index contributed by atoms with van der Waals surface area (Å²) >= 11 is 0. The van der Waals surface area contributed by atoms with Gasteiger partial charge in [0, 0.05) is 31.9 Å². The largest absolute Gasteiger partial charge is 0.479 e. The van der Waals surface area contributed by atoms with Crippen LogP contribution in [-0.4, -0.2) is 47.6 Å². The van der Waals surface area contributed by atoms with Crippen molar-refractivity contribution < 1.29 is 9.53 Å². The van der Waals surface area contributed by atoms with Gasteiger partial charge >= 0.3 is 0 Å². The van der Waals surface area contributed by atoms with Crippen molar-refractivity contribution in [3.63, 3.8) is 0 Å². The summed E-state index contributed by atoms with van der Waals surface area (Å²) < 4.78 is 5.60. The lowest BCUT2D eigenvalue weighted by Gasteiger charge is -2.35. The first kappa shape index (κ1) is 12.8. The lowest BCUT2D eigenvalue weighted by atomic mass is 10.2. The van der Waals surface area contributed by atoms with E-state index in [1.165, 1.54) is 0 Å². The predicted molar refractivity (Wildman–Crippen MR) is 68.4 cm³/mol. The number of nitrogens with zero attached hydrogens (tertiary/aromatic N) is 2. The monoisotopic (exact) mass is 249 g/mol. The van der Waals surface area contributed by atoms with E-state index < -0.39 is 6.10 Å². The Kier molecular flexibility index (Phi) is 4.15. The molecule has 0 bridgehead atoms. The van der Waals surface area contributed by atoms with Crippen LogP contribution in [-0.2, 0) is 4.79 Å². The maximum atomic E-state index is 12.3. The maximum absolute atomic E-state index is 12.3. The minimum absolute atomic E-state index is 0.0350. The summed E-state index contributed by atoms with van der Waals surface area (Å²) in [7, 11) is 0.